The van der Waals surface area contributed by atoms with Crippen molar-refractivity contribution in [3.63, 3.8) is 0 Å². The van der Waals surface area contributed by atoms with Gasteiger partial charge in [-0.2, -0.15) is 0 Å². The molecule has 5 nitrogen and oxygen atoms in total. The summed E-state index contributed by atoms with van der Waals surface area (Å²) in [6, 6.07) is 6.23. The van der Waals surface area contributed by atoms with Crippen molar-refractivity contribution in [1.82, 2.24) is 10.2 Å². The molecule has 1 fully saturated rings. The lowest BCUT2D eigenvalue weighted by Crippen LogP contribution is -2.22. The van der Waals surface area contributed by atoms with E-state index in [1.165, 1.54) is 0 Å². The van der Waals surface area contributed by atoms with E-state index in [0.29, 0.717) is 0 Å². The van der Waals surface area contributed by atoms with E-state index >= 15 is 0 Å². The molecule has 2 heterocycles. The van der Waals surface area contributed by atoms with E-state index in [9.17, 15) is 0 Å². The van der Waals surface area contributed by atoms with Crippen LogP contribution in [0, 0.1) is 6.92 Å². The third kappa shape index (κ3) is 2.68. The van der Waals surface area contributed by atoms with Gasteiger partial charge in [0.2, 0.25) is 5.13 Å². The number of rotatable bonds is 4. The molecule has 1 aromatic carbocycles. The normalized spacial score (nSPS) is 18.0. The van der Waals surface area contributed by atoms with Gasteiger partial charge in [0.1, 0.15) is 16.5 Å². The first kappa shape index (κ1) is 14.1. The molecule has 0 aliphatic carbocycles. The minimum Gasteiger partial charge on any atom is -0.497 e. The monoisotopic (exact) mass is 305 g/mol. The van der Waals surface area contributed by atoms with Crippen LogP contribution in [0.3, 0.4) is 0 Å². The van der Waals surface area contributed by atoms with Crippen molar-refractivity contribution in [1.29, 1.82) is 0 Å². The van der Waals surface area contributed by atoms with Crippen LogP contribution in [0.2, 0.25) is 0 Å². The van der Waals surface area contributed by atoms with Gasteiger partial charge < -0.3 is 14.4 Å². The summed E-state index contributed by atoms with van der Waals surface area (Å²) in [4.78, 5) is 2.32. The first-order chi connectivity index (χ1) is 10.2. The summed E-state index contributed by atoms with van der Waals surface area (Å²) in [6.45, 7) is 2.98. The highest BCUT2D eigenvalue weighted by atomic mass is 32.1. The first-order valence-corrected chi connectivity index (χ1v) is 7.83. The second kappa shape index (κ2) is 5.89. The van der Waals surface area contributed by atoms with Gasteiger partial charge in [-0.3, -0.25) is 0 Å². The number of ether oxygens (including phenoxy) is 2. The van der Waals surface area contributed by atoms with E-state index in [-0.39, 0.29) is 6.04 Å². The van der Waals surface area contributed by atoms with Crippen molar-refractivity contribution < 1.29 is 9.47 Å². The average Bonchev–Trinajstić information content (AvgIpc) is 3.14. The van der Waals surface area contributed by atoms with E-state index in [1.807, 2.05) is 19.1 Å². The number of aryl methyl sites for hydroxylation is 1. The maximum absolute atomic E-state index is 5.53. The van der Waals surface area contributed by atoms with Crippen molar-refractivity contribution >= 4 is 16.5 Å². The number of aromatic nitrogens is 2. The van der Waals surface area contributed by atoms with Crippen LogP contribution < -0.4 is 14.4 Å². The van der Waals surface area contributed by atoms with Gasteiger partial charge in [0.15, 0.2) is 0 Å². The molecule has 1 atom stereocenters. The Morgan fingerprint density at radius 2 is 2.10 bits per heavy atom. The standard InChI is InChI=1S/C15H19N3O2S/c1-10-16-17-15(21-10)18-8-4-5-13(18)12-9-11(19-2)6-7-14(12)20-3/h6-7,9,13H,4-5,8H2,1-3H3/t13-/m1/s1. The molecule has 1 aliphatic heterocycles. The highest BCUT2D eigenvalue weighted by Crippen LogP contribution is 2.41. The third-order valence-electron chi connectivity index (χ3n) is 3.81. The van der Waals surface area contributed by atoms with Crippen LogP contribution in [0.25, 0.3) is 0 Å². The van der Waals surface area contributed by atoms with Crippen LogP contribution >= 0.6 is 11.3 Å². The van der Waals surface area contributed by atoms with Crippen LogP contribution in [-0.4, -0.2) is 31.0 Å². The maximum atomic E-state index is 5.53. The van der Waals surface area contributed by atoms with Gasteiger partial charge in [0.05, 0.1) is 20.3 Å². The summed E-state index contributed by atoms with van der Waals surface area (Å²) in [5.74, 6) is 1.75. The second-order valence-electron chi connectivity index (χ2n) is 5.06. The molecule has 1 aromatic heterocycles. The third-order valence-corrected chi connectivity index (χ3v) is 4.69. The van der Waals surface area contributed by atoms with Crippen molar-refractivity contribution in [3.8, 4) is 11.5 Å². The lowest BCUT2D eigenvalue weighted by Gasteiger charge is -2.25. The molecular formula is C15H19N3O2S. The summed E-state index contributed by atoms with van der Waals surface area (Å²) in [5, 5.41) is 10.4. The van der Waals surface area contributed by atoms with Gasteiger partial charge in [0, 0.05) is 12.1 Å². The van der Waals surface area contributed by atoms with Crippen LogP contribution in [0.15, 0.2) is 18.2 Å². The second-order valence-corrected chi connectivity index (χ2v) is 6.22. The van der Waals surface area contributed by atoms with E-state index in [2.05, 4.69) is 21.2 Å². The summed E-state index contributed by atoms with van der Waals surface area (Å²) >= 11 is 1.64. The molecule has 0 spiro atoms. The minimum atomic E-state index is 0.266. The van der Waals surface area contributed by atoms with Crippen LogP contribution in [0.5, 0.6) is 11.5 Å². The fraction of sp³-hybridized carbons (Fsp3) is 0.467. The summed E-state index contributed by atoms with van der Waals surface area (Å²) in [7, 11) is 3.39. The van der Waals surface area contributed by atoms with Crippen molar-refractivity contribution in [2.24, 2.45) is 0 Å². The Morgan fingerprint density at radius 3 is 2.76 bits per heavy atom. The molecule has 3 rings (SSSR count). The number of hydrogen-bond acceptors (Lipinski definition) is 6. The molecule has 0 unspecified atom stereocenters. The van der Waals surface area contributed by atoms with Crippen molar-refractivity contribution in [2.45, 2.75) is 25.8 Å². The fourth-order valence-electron chi connectivity index (χ4n) is 2.82. The molecule has 0 bridgehead atoms. The van der Waals surface area contributed by atoms with E-state index in [4.69, 9.17) is 9.47 Å². The van der Waals surface area contributed by atoms with Gasteiger partial charge in [0.25, 0.3) is 0 Å². The Labute approximate surface area is 128 Å². The van der Waals surface area contributed by atoms with Crippen molar-refractivity contribution in [3.05, 3.63) is 28.8 Å². The van der Waals surface area contributed by atoms with Gasteiger partial charge in [-0.1, -0.05) is 11.3 Å². The van der Waals surface area contributed by atoms with Gasteiger partial charge in [-0.15, -0.1) is 10.2 Å². The molecule has 0 amide bonds. The number of benzene rings is 1. The molecule has 6 heteroatoms. The average molecular weight is 305 g/mol. The molecular weight excluding hydrogens is 286 g/mol. The van der Waals surface area contributed by atoms with Gasteiger partial charge >= 0.3 is 0 Å². The Bertz CT molecular complexity index is 629. The number of anilines is 1. The van der Waals surface area contributed by atoms with Gasteiger partial charge in [-0.25, -0.2) is 0 Å². The Hall–Kier alpha value is -1.82. The quantitative estimate of drug-likeness (QED) is 0.868. The topological polar surface area (TPSA) is 47.5 Å². The zero-order valence-corrected chi connectivity index (χ0v) is 13.3. The number of hydrogen-bond donors (Lipinski definition) is 0. The summed E-state index contributed by atoms with van der Waals surface area (Å²) in [6.07, 6.45) is 2.23. The SMILES string of the molecule is COc1ccc(OC)c([C@H]2CCCN2c2nnc(C)s2)c1. The Balaban J connectivity index is 1.98. The highest BCUT2D eigenvalue weighted by Gasteiger charge is 2.30. The summed E-state index contributed by atoms with van der Waals surface area (Å²) in [5.41, 5.74) is 1.15. The molecule has 1 saturated heterocycles. The predicted octanol–water partition coefficient (Wildman–Crippen LogP) is 3.21. The predicted molar refractivity (Wildman–Crippen MR) is 83.5 cm³/mol. The Kier molecular flexibility index (Phi) is 3.96. The lowest BCUT2D eigenvalue weighted by molar-refractivity contribution is 0.395. The van der Waals surface area contributed by atoms with Crippen molar-refractivity contribution in [2.75, 3.05) is 25.7 Å². The van der Waals surface area contributed by atoms with Gasteiger partial charge in [-0.05, 0) is 38.0 Å². The van der Waals surface area contributed by atoms with Crippen LogP contribution in [0.4, 0.5) is 5.13 Å². The van der Waals surface area contributed by atoms with Crippen LogP contribution in [0.1, 0.15) is 29.5 Å². The number of methoxy groups -OCH3 is 2. The largest absolute Gasteiger partial charge is 0.497 e. The molecule has 0 radical (unpaired) electrons. The minimum absolute atomic E-state index is 0.266. The molecule has 0 N–H and O–H groups in total. The maximum Gasteiger partial charge on any atom is 0.208 e. The van der Waals surface area contributed by atoms with E-state index in [0.717, 1.165) is 46.6 Å². The molecule has 21 heavy (non-hydrogen) atoms. The van der Waals surface area contributed by atoms with Crippen LogP contribution in [-0.2, 0) is 0 Å². The summed E-state index contributed by atoms with van der Waals surface area (Å²) < 4.78 is 10.9. The zero-order chi connectivity index (χ0) is 14.8. The fourth-order valence-corrected chi connectivity index (χ4v) is 3.58. The molecule has 0 saturated carbocycles. The van der Waals surface area contributed by atoms with E-state index < -0.39 is 0 Å². The highest BCUT2D eigenvalue weighted by molar-refractivity contribution is 7.15. The smallest absolute Gasteiger partial charge is 0.208 e. The lowest BCUT2D eigenvalue weighted by atomic mass is 10.0. The molecule has 112 valence electrons. The molecule has 2 aromatic rings. The molecule has 1 aliphatic rings. The number of nitrogens with zero attached hydrogens (tertiary/aromatic N) is 3. The van der Waals surface area contributed by atoms with E-state index in [1.54, 1.807) is 25.6 Å². The first-order valence-electron chi connectivity index (χ1n) is 7.01. The zero-order valence-electron chi connectivity index (χ0n) is 12.5. The Morgan fingerprint density at radius 1 is 1.24 bits per heavy atom.